The SMILES string of the molecule is COC(=O)[C@H]1C[C@@H](COc2ccc(-c3ccc(C#N)cc3)cc2)N(C)C1=O. The lowest BCUT2D eigenvalue weighted by molar-refractivity contribution is -0.150. The molecule has 6 nitrogen and oxygen atoms in total. The summed E-state index contributed by atoms with van der Waals surface area (Å²) in [5.74, 6) is -0.783. The molecule has 0 aliphatic carbocycles. The molecule has 2 aromatic rings. The van der Waals surface area contributed by atoms with Crippen LogP contribution >= 0.6 is 0 Å². The molecule has 1 amide bonds. The van der Waals surface area contributed by atoms with Gasteiger partial charge in [0.2, 0.25) is 5.91 Å². The van der Waals surface area contributed by atoms with Crippen molar-refractivity contribution in [2.45, 2.75) is 12.5 Å². The van der Waals surface area contributed by atoms with E-state index >= 15 is 0 Å². The van der Waals surface area contributed by atoms with Gasteiger partial charge in [-0.3, -0.25) is 9.59 Å². The van der Waals surface area contributed by atoms with Crippen molar-refractivity contribution in [2.24, 2.45) is 5.92 Å². The summed E-state index contributed by atoms with van der Waals surface area (Å²) in [6.07, 6.45) is 0.394. The summed E-state index contributed by atoms with van der Waals surface area (Å²) in [5.41, 5.74) is 2.66. The molecule has 0 bridgehead atoms. The van der Waals surface area contributed by atoms with Crippen molar-refractivity contribution >= 4 is 11.9 Å². The molecule has 2 aromatic carbocycles. The highest BCUT2D eigenvalue weighted by atomic mass is 16.5. The number of amides is 1. The number of nitrogens with zero attached hydrogens (tertiary/aromatic N) is 2. The van der Waals surface area contributed by atoms with E-state index in [0.29, 0.717) is 24.3 Å². The highest BCUT2D eigenvalue weighted by molar-refractivity contribution is 5.99. The number of methoxy groups -OCH3 is 1. The van der Waals surface area contributed by atoms with Crippen molar-refractivity contribution in [3.05, 3.63) is 54.1 Å². The maximum Gasteiger partial charge on any atom is 0.318 e. The van der Waals surface area contributed by atoms with E-state index < -0.39 is 11.9 Å². The Hall–Kier alpha value is -3.33. The monoisotopic (exact) mass is 364 g/mol. The Morgan fingerprint density at radius 1 is 1.15 bits per heavy atom. The molecule has 0 saturated carbocycles. The predicted molar refractivity (Wildman–Crippen MR) is 98.8 cm³/mol. The average Bonchev–Trinajstić information content (AvgIpc) is 3.00. The maximum absolute atomic E-state index is 12.1. The molecule has 1 aliphatic rings. The summed E-state index contributed by atoms with van der Waals surface area (Å²) < 4.78 is 10.5. The standard InChI is InChI=1S/C21H20N2O4/c1-23-17(11-19(20(23)24)21(25)26-2)13-27-18-9-7-16(8-10-18)15-5-3-14(12-22)4-6-15/h3-10,17,19H,11,13H2,1-2H3/t17-,19-/m0/s1. The highest BCUT2D eigenvalue weighted by Gasteiger charge is 2.42. The molecular weight excluding hydrogens is 344 g/mol. The summed E-state index contributed by atoms with van der Waals surface area (Å²) in [6, 6.07) is 16.9. The van der Waals surface area contributed by atoms with Crippen LogP contribution in [0.2, 0.25) is 0 Å². The maximum atomic E-state index is 12.1. The van der Waals surface area contributed by atoms with Crippen LogP contribution in [0.25, 0.3) is 11.1 Å². The van der Waals surface area contributed by atoms with Gasteiger partial charge in [0.15, 0.2) is 0 Å². The Bertz CT molecular complexity index is 869. The molecule has 0 spiro atoms. The van der Waals surface area contributed by atoms with Crippen LogP contribution < -0.4 is 4.74 Å². The van der Waals surface area contributed by atoms with Crippen molar-refractivity contribution in [2.75, 3.05) is 20.8 Å². The van der Waals surface area contributed by atoms with Gasteiger partial charge in [0, 0.05) is 7.05 Å². The molecule has 2 atom stereocenters. The zero-order valence-electron chi connectivity index (χ0n) is 15.2. The van der Waals surface area contributed by atoms with Crippen molar-refractivity contribution in [3.63, 3.8) is 0 Å². The van der Waals surface area contributed by atoms with Gasteiger partial charge in [0.25, 0.3) is 0 Å². The normalized spacial score (nSPS) is 18.9. The summed E-state index contributed by atoms with van der Waals surface area (Å²) >= 11 is 0. The fourth-order valence-corrected chi connectivity index (χ4v) is 3.15. The van der Waals surface area contributed by atoms with Crippen LogP contribution in [0.5, 0.6) is 5.75 Å². The zero-order chi connectivity index (χ0) is 19.4. The van der Waals surface area contributed by atoms with Crippen molar-refractivity contribution < 1.29 is 19.1 Å². The van der Waals surface area contributed by atoms with Gasteiger partial charge in [-0.05, 0) is 41.8 Å². The Morgan fingerprint density at radius 3 is 2.30 bits per heavy atom. The first-order valence-electron chi connectivity index (χ1n) is 8.61. The van der Waals surface area contributed by atoms with Gasteiger partial charge < -0.3 is 14.4 Å². The number of benzene rings is 2. The first-order chi connectivity index (χ1) is 13.0. The van der Waals surface area contributed by atoms with E-state index in [1.54, 1.807) is 24.1 Å². The van der Waals surface area contributed by atoms with Crippen molar-refractivity contribution in [3.8, 4) is 22.9 Å². The minimum Gasteiger partial charge on any atom is -0.491 e. The Morgan fingerprint density at radius 2 is 1.74 bits per heavy atom. The van der Waals surface area contributed by atoms with Crippen LogP contribution in [0.4, 0.5) is 0 Å². The van der Waals surface area contributed by atoms with E-state index in [1.165, 1.54) is 7.11 Å². The molecule has 0 N–H and O–H groups in total. The summed E-state index contributed by atoms with van der Waals surface area (Å²) in [5, 5.41) is 8.86. The van der Waals surface area contributed by atoms with Gasteiger partial charge in [0.1, 0.15) is 18.3 Å². The van der Waals surface area contributed by atoms with E-state index in [9.17, 15) is 9.59 Å². The van der Waals surface area contributed by atoms with Crippen LogP contribution in [0.1, 0.15) is 12.0 Å². The molecule has 0 radical (unpaired) electrons. The summed E-state index contributed by atoms with van der Waals surface area (Å²) in [7, 11) is 2.96. The molecule has 0 unspecified atom stereocenters. The second-order valence-electron chi connectivity index (χ2n) is 6.44. The number of hydrogen-bond donors (Lipinski definition) is 0. The summed E-state index contributed by atoms with van der Waals surface area (Å²) in [6.45, 7) is 0.311. The lowest BCUT2D eigenvalue weighted by Crippen LogP contribution is -2.34. The van der Waals surface area contributed by atoms with E-state index in [2.05, 4.69) is 10.8 Å². The third-order valence-corrected chi connectivity index (χ3v) is 4.83. The van der Waals surface area contributed by atoms with E-state index in [-0.39, 0.29) is 11.9 Å². The van der Waals surface area contributed by atoms with Crippen LogP contribution in [0, 0.1) is 17.2 Å². The minimum absolute atomic E-state index is 0.167. The largest absolute Gasteiger partial charge is 0.491 e. The number of carbonyl (C=O) groups is 2. The molecular formula is C21H20N2O4. The molecule has 3 rings (SSSR count). The smallest absolute Gasteiger partial charge is 0.318 e. The number of likely N-dealkylation sites (N-methyl/N-ethyl adjacent to an activating group) is 1. The molecule has 1 fully saturated rings. The second-order valence-corrected chi connectivity index (χ2v) is 6.44. The van der Waals surface area contributed by atoms with E-state index in [4.69, 9.17) is 10.00 Å². The quantitative estimate of drug-likeness (QED) is 0.602. The number of carbonyl (C=O) groups excluding carboxylic acids is 2. The van der Waals surface area contributed by atoms with Gasteiger partial charge in [-0.15, -0.1) is 0 Å². The molecule has 138 valence electrons. The van der Waals surface area contributed by atoms with Crippen LogP contribution in [-0.4, -0.2) is 43.6 Å². The molecule has 1 aliphatic heterocycles. The van der Waals surface area contributed by atoms with Crippen LogP contribution in [-0.2, 0) is 14.3 Å². The lowest BCUT2D eigenvalue weighted by Gasteiger charge is -2.20. The Balaban J connectivity index is 1.61. The van der Waals surface area contributed by atoms with Crippen molar-refractivity contribution in [1.82, 2.24) is 4.90 Å². The summed E-state index contributed by atoms with van der Waals surface area (Å²) in [4.78, 5) is 25.3. The van der Waals surface area contributed by atoms with Gasteiger partial charge in [0.05, 0.1) is 24.8 Å². The van der Waals surface area contributed by atoms with Gasteiger partial charge in [-0.25, -0.2) is 0 Å². The highest BCUT2D eigenvalue weighted by Crippen LogP contribution is 2.26. The molecule has 0 aromatic heterocycles. The Labute approximate surface area is 157 Å². The molecule has 27 heavy (non-hydrogen) atoms. The van der Waals surface area contributed by atoms with Gasteiger partial charge >= 0.3 is 5.97 Å². The number of ether oxygens (including phenoxy) is 2. The first kappa shape index (κ1) is 18.5. The van der Waals surface area contributed by atoms with Gasteiger partial charge in [-0.1, -0.05) is 24.3 Å². The van der Waals surface area contributed by atoms with Crippen LogP contribution in [0.3, 0.4) is 0 Å². The topological polar surface area (TPSA) is 79.6 Å². The van der Waals surface area contributed by atoms with Crippen LogP contribution in [0.15, 0.2) is 48.5 Å². The van der Waals surface area contributed by atoms with Gasteiger partial charge in [-0.2, -0.15) is 5.26 Å². The molecule has 6 heteroatoms. The second kappa shape index (κ2) is 7.92. The number of esters is 1. The number of nitriles is 1. The Kier molecular flexibility index (Phi) is 5.41. The van der Waals surface area contributed by atoms with Crippen molar-refractivity contribution in [1.29, 1.82) is 5.26 Å². The molecule has 1 saturated heterocycles. The molecule has 1 heterocycles. The average molecular weight is 364 g/mol. The van der Waals surface area contributed by atoms with E-state index in [1.807, 2.05) is 36.4 Å². The third-order valence-electron chi connectivity index (χ3n) is 4.83. The fraction of sp³-hybridized carbons (Fsp3) is 0.286. The number of rotatable bonds is 5. The lowest BCUT2D eigenvalue weighted by atomic mass is 10.0. The predicted octanol–water partition coefficient (Wildman–Crippen LogP) is 2.62. The van der Waals surface area contributed by atoms with E-state index in [0.717, 1.165) is 11.1 Å². The fourth-order valence-electron chi connectivity index (χ4n) is 3.15. The zero-order valence-corrected chi connectivity index (χ0v) is 15.2. The number of likely N-dealkylation sites (tertiary alicyclic amines) is 1. The first-order valence-corrected chi connectivity index (χ1v) is 8.61. The number of hydrogen-bond acceptors (Lipinski definition) is 5. The third kappa shape index (κ3) is 3.93. The minimum atomic E-state index is -0.743.